The zero-order valence-electron chi connectivity index (χ0n) is 10.2. The molecule has 1 heterocycles. The number of benzene rings is 1. The smallest absolute Gasteiger partial charge is 0.242 e. The van der Waals surface area contributed by atoms with Gasteiger partial charge in [-0.2, -0.15) is 0 Å². The number of hydrogen-bond acceptors (Lipinski definition) is 3. The third kappa shape index (κ3) is 3.23. The van der Waals surface area contributed by atoms with Gasteiger partial charge < -0.3 is 5.32 Å². The van der Waals surface area contributed by atoms with Gasteiger partial charge in [0.15, 0.2) is 0 Å². The van der Waals surface area contributed by atoms with Crippen LogP contribution in [-0.4, -0.2) is 23.6 Å². The van der Waals surface area contributed by atoms with Gasteiger partial charge in [-0.15, -0.1) is 11.8 Å². The summed E-state index contributed by atoms with van der Waals surface area (Å²) >= 11 is 1.76. The van der Waals surface area contributed by atoms with Crippen molar-refractivity contribution in [2.45, 2.75) is 25.8 Å². The average Bonchev–Trinajstić information content (AvgIpc) is 2.82. The minimum Gasteiger partial charge on any atom is -0.325 e. The summed E-state index contributed by atoms with van der Waals surface area (Å²) in [4.78, 5) is 11.9. The molecular formula is C13H18N2OS. The molecule has 4 heteroatoms. The quantitative estimate of drug-likeness (QED) is 0.865. The number of rotatable bonds is 3. The van der Waals surface area contributed by atoms with Gasteiger partial charge in [0.05, 0.1) is 6.04 Å². The van der Waals surface area contributed by atoms with E-state index in [1.807, 2.05) is 18.2 Å². The van der Waals surface area contributed by atoms with E-state index in [4.69, 9.17) is 0 Å². The molecule has 0 aromatic heterocycles. The topological polar surface area (TPSA) is 41.1 Å². The second-order valence-corrected chi connectivity index (χ2v) is 5.57. The van der Waals surface area contributed by atoms with Gasteiger partial charge in [-0.05, 0) is 23.6 Å². The van der Waals surface area contributed by atoms with Gasteiger partial charge in [0.25, 0.3) is 0 Å². The van der Waals surface area contributed by atoms with E-state index >= 15 is 0 Å². The lowest BCUT2D eigenvalue weighted by Crippen LogP contribution is -2.37. The lowest BCUT2D eigenvalue weighted by atomic mass is 10.0. The van der Waals surface area contributed by atoms with Crippen LogP contribution in [0.1, 0.15) is 25.3 Å². The van der Waals surface area contributed by atoms with Crippen LogP contribution in [0, 0.1) is 0 Å². The van der Waals surface area contributed by atoms with Crippen molar-refractivity contribution in [2.75, 3.05) is 16.9 Å². The van der Waals surface area contributed by atoms with Crippen LogP contribution in [0.2, 0.25) is 0 Å². The van der Waals surface area contributed by atoms with Crippen molar-refractivity contribution >= 4 is 23.4 Å². The number of hydrogen-bond donors (Lipinski definition) is 2. The molecule has 1 unspecified atom stereocenters. The number of carbonyl (C=O) groups excluding carboxylic acids is 1. The maximum Gasteiger partial charge on any atom is 0.242 e. The Morgan fingerprint density at radius 1 is 1.53 bits per heavy atom. The van der Waals surface area contributed by atoms with Crippen LogP contribution in [0.5, 0.6) is 0 Å². The van der Waals surface area contributed by atoms with Crippen molar-refractivity contribution in [2.24, 2.45) is 0 Å². The van der Waals surface area contributed by atoms with E-state index in [-0.39, 0.29) is 11.9 Å². The lowest BCUT2D eigenvalue weighted by Gasteiger charge is -2.12. The van der Waals surface area contributed by atoms with Crippen molar-refractivity contribution in [3.05, 3.63) is 29.8 Å². The van der Waals surface area contributed by atoms with Crippen molar-refractivity contribution in [3.63, 3.8) is 0 Å². The van der Waals surface area contributed by atoms with Gasteiger partial charge in [-0.25, -0.2) is 0 Å². The number of anilines is 1. The molecule has 0 saturated carbocycles. The molecule has 17 heavy (non-hydrogen) atoms. The molecule has 1 aliphatic rings. The predicted molar refractivity (Wildman–Crippen MR) is 73.4 cm³/mol. The fraction of sp³-hybridized carbons (Fsp3) is 0.462. The van der Waals surface area contributed by atoms with Crippen LogP contribution in [0.15, 0.2) is 24.3 Å². The van der Waals surface area contributed by atoms with E-state index < -0.39 is 0 Å². The number of carbonyl (C=O) groups is 1. The predicted octanol–water partition coefficient (Wildman–Crippen LogP) is 2.41. The van der Waals surface area contributed by atoms with E-state index in [1.165, 1.54) is 5.56 Å². The first-order valence-corrected chi connectivity index (χ1v) is 7.04. The molecule has 1 aromatic rings. The molecule has 2 N–H and O–H groups in total. The van der Waals surface area contributed by atoms with Crippen molar-refractivity contribution in [1.29, 1.82) is 0 Å². The minimum atomic E-state index is -0.0530. The van der Waals surface area contributed by atoms with E-state index in [0.29, 0.717) is 5.92 Å². The van der Waals surface area contributed by atoms with E-state index in [2.05, 4.69) is 30.5 Å². The molecular weight excluding hydrogens is 232 g/mol. The Bertz CT molecular complexity index is 400. The highest BCUT2D eigenvalue weighted by atomic mass is 32.2. The second kappa shape index (κ2) is 5.56. The third-order valence-electron chi connectivity index (χ3n) is 2.85. The zero-order chi connectivity index (χ0) is 12.3. The van der Waals surface area contributed by atoms with Crippen LogP contribution in [0.25, 0.3) is 0 Å². The summed E-state index contributed by atoms with van der Waals surface area (Å²) < 4.78 is 0. The highest BCUT2D eigenvalue weighted by Crippen LogP contribution is 2.19. The van der Waals surface area contributed by atoms with Crippen LogP contribution in [0.3, 0.4) is 0 Å². The van der Waals surface area contributed by atoms with Gasteiger partial charge in [0.2, 0.25) is 5.91 Å². The molecule has 0 radical (unpaired) electrons. The summed E-state index contributed by atoms with van der Waals surface area (Å²) in [5.74, 6) is 2.27. The fourth-order valence-electron chi connectivity index (χ4n) is 1.77. The van der Waals surface area contributed by atoms with Crippen LogP contribution >= 0.6 is 11.8 Å². The summed E-state index contributed by atoms with van der Waals surface area (Å²) in [5.41, 5.74) is 2.14. The van der Waals surface area contributed by atoms with Gasteiger partial charge in [-0.1, -0.05) is 26.0 Å². The Hall–Kier alpha value is -1.00. The highest BCUT2D eigenvalue weighted by molar-refractivity contribution is 7.99. The average molecular weight is 250 g/mol. The van der Waals surface area contributed by atoms with E-state index in [0.717, 1.165) is 17.3 Å². The van der Waals surface area contributed by atoms with Gasteiger partial charge >= 0.3 is 0 Å². The summed E-state index contributed by atoms with van der Waals surface area (Å²) in [5, 5.41) is 6.13. The number of nitrogens with one attached hydrogen (secondary N) is 2. The summed E-state index contributed by atoms with van der Waals surface area (Å²) in [7, 11) is 0. The SMILES string of the molecule is CC(C)c1cccc(NC(=O)C2CSCN2)c1. The molecule has 92 valence electrons. The van der Waals surface area contributed by atoms with Gasteiger partial charge in [0, 0.05) is 17.3 Å². The molecule has 2 rings (SSSR count). The Morgan fingerprint density at radius 2 is 2.35 bits per heavy atom. The number of thioether (sulfide) groups is 1. The van der Waals surface area contributed by atoms with Gasteiger partial charge in [0.1, 0.15) is 0 Å². The Morgan fingerprint density at radius 3 is 3.00 bits per heavy atom. The maximum atomic E-state index is 11.9. The lowest BCUT2D eigenvalue weighted by molar-refractivity contribution is -0.117. The monoisotopic (exact) mass is 250 g/mol. The summed E-state index contributed by atoms with van der Waals surface area (Å²) in [6.45, 7) is 4.30. The molecule has 1 amide bonds. The Kier molecular flexibility index (Phi) is 4.07. The molecule has 0 bridgehead atoms. The Balaban J connectivity index is 2.02. The third-order valence-corrected chi connectivity index (χ3v) is 3.79. The normalized spacial score (nSPS) is 19.6. The van der Waals surface area contributed by atoms with E-state index in [1.54, 1.807) is 11.8 Å². The van der Waals surface area contributed by atoms with Crippen LogP contribution in [0.4, 0.5) is 5.69 Å². The van der Waals surface area contributed by atoms with Crippen molar-refractivity contribution < 1.29 is 4.79 Å². The molecule has 0 spiro atoms. The summed E-state index contributed by atoms with van der Waals surface area (Å²) in [6.07, 6.45) is 0. The molecule has 3 nitrogen and oxygen atoms in total. The highest BCUT2D eigenvalue weighted by Gasteiger charge is 2.22. The molecule has 1 aromatic carbocycles. The maximum absolute atomic E-state index is 11.9. The first kappa shape index (κ1) is 12.5. The Labute approximate surface area is 106 Å². The van der Waals surface area contributed by atoms with Crippen LogP contribution in [-0.2, 0) is 4.79 Å². The minimum absolute atomic E-state index is 0.0530. The van der Waals surface area contributed by atoms with Crippen LogP contribution < -0.4 is 10.6 Å². The molecule has 1 fully saturated rings. The van der Waals surface area contributed by atoms with Crippen molar-refractivity contribution in [3.8, 4) is 0 Å². The largest absolute Gasteiger partial charge is 0.325 e. The van der Waals surface area contributed by atoms with Crippen molar-refractivity contribution in [1.82, 2.24) is 5.32 Å². The fourth-order valence-corrected chi connectivity index (χ4v) is 2.71. The zero-order valence-corrected chi connectivity index (χ0v) is 11.0. The van der Waals surface area contributed by atoms with Gasteiger partial charge in [-0.3, -0.25) is 10.1 Å². The standard InChI is InChI=1S/C13H18N2OS/c1-9(2)10-4-3-5-11(6-10)15-13(16)12-7-17-8-14-12/h3-6,9,12,14H,7-8H2,1-2H3,(H,15,16). The molecule has 1 aliphatic heterocycles. The molecule has 1 saturated heterocycles. The summed E-state index contributed by atoms with van der Waals surface area (Å²) in [6, 6.07) is 8.00. The first-order valence-electron chi connectivity index (χ1n) is 5.89. The first-order chi connectivity index (χ1) is 8.16. The molecule has 1 atom stereocenters. The molecule has 0 aliphatic carbocycles. The number of amides is 1. The second-order valence-electron chi connectivity index (χ2n) is 4.54. The van der Waals surface area contributed by atoms with E-state index in [9.17, 15) is 4.79 Å².